The molecule has 2 amide bonds. The van der Waals surface area contributed by atoms with E-state index in [-0.39, 0.29) is 17.7 Å². The van der Waals surface area contributed by atoms with E-state index in [0.29, 0.717) is 19.0 Å². The predicted molar refractivity (Wildman–Crippen MR) is 81.6 cm³/mol. The van der Waals surface area contributed by atoms with Crippen molar-refractivity contribution in [3.8, 4) is 0 Å². The van der Waals surface area contributed by atoms with Crippen molar-refractivity contribution in [2.75, 3.05) is 6.54 Å². The van der Waals surface area contributed by atoms with E-state index >= 15 is 0 Å². The normalized spacial score (nSPS) is 29.0. The van der Waals surface area contributed by atoms with Gasteiger partial charge in [-0.15, -0.1) is 0 Å². The van der Waals surface area contributed by atoms with Crippen LogP contribution in [0.5, 0.6) is 0 Å². The monoisotopic (exact) mass is 292 g/mol. The number of carbonyl (C=O) groups excluding carboxylic acids is 2. The zero-order chi connectivity index (χ0) is 14.7. The SMILES string of the molecule is O=C(CCCNC(=O)C1CC1)N[C@H]1CCC[C@H](C2CC2)C1. The Morgan fingerprint density at radius 1 is 0.952 bits per heavy atom. The van der Waals surface area contributed by atoms with E-state index in [1.807, 2.05) is 0 Å². The van der Waals surface area contributed by atoms with E-state index in [9.17, 15) is 9.59 Å². The Bertz CT molecular complexity index is 388. The molecular formula is C17H28N2O2. The molecule has 0 aromatic carbocycles. The summed E-state index contributed by atoms with van der Waals surface area (Å²) in [6, 6.07) is 0.401. The lowest BCUT2D eigenvalue weighted by atomic mass is 9.82. The molecule has 0 radical (unpaired) electrons. The summed E-state index contributed by atoms with van der Waals surface area (Å²) in [5.41, 5.74) is 0. The minimum absolute atomic E-state index is 0.164. The van der Waals surface area contributed by atoms with Crippen LogP contribution in [0.1, 0.15) is 64.2 Å². The van der Waals surface area contributed by atoms with Gasteiger partial charge in [0.2, 0.25) is 11.8 Å². The quantitative estimate of drug-likeness (QED) is 0.708. The van der Waals surface area contributed by atoms with E-state index < -0.39 is 0 Å². The number of hydrogen-bond donors (Lipinski definition) is 2. The van der Waals surface area contributed by atoms with Gasteiger partial charge in [-0.2, -0.15) is 0 Å². The highest BCUT2D eigenvalue weighted by atomic mass is 16.2. The van der Waals surface area contributed by atoms with Crippen molar-refractivity contribution in [1.29, 1.82) is 0 Å². The molecule has 0 heterocycles. The average molecular weight is 292 g/mol. The van der Waals surface area contributed by atoms with Gasteiger partial charge in [0, 0.05) is 24.9 Å². The second kappa shape index (κ2) is 6.80. The minimum Gasteiger partial charge on any atom is -0.356 e. The molecule has 4 heteroatoms. The first-order valence-electron chi connectivity index (χ1n) is 8.79. The van der Waals surface area contributed by atoms with Crippen LogP contribution in [0, 0.1) is 17.8 Å². The van der Waals surface area contributed by atoms with Gasteiger partial charge in [-0.05, 0) is 56.8 Å². The van der Waals surface area contributed by atoms with Crippen LogP contribution in [-0.4, -0.2) is 24.4 Å². The summed E-state index contributed by atoms with van der Waals surface area (Å²) in [6.45, 7) is 0.637. The first-order chi connectivity index (χ1) is 10.2. The van der Waals surface area contributed by atoms with Crippen molar-refractivity contribution in [3.63, 3.8) is 0 Å². The molecule has 3 rings (SSSR count). The summed E-state index contributed by atoms with van der Waals surface area (Å²) in [6.07, 6.45) is 11.2. The van der Waals surface area contributed by atoms with Gasteiger partial charge in [0.1, 0.15) is 0 Å². The molecule has 3 aliphatic rings. The molecule has 0 unspecified atom stereocenters. The lowest BCUT2D eigenvalue weighted by molar-refractivity contribution is -0.124. The van der Waals surface area contributed by atoms with Gasteiger partial charge in [0.25, 0.3) is 0 Å². The van der Waals surface area contributed by atoms with Crippen LogP contribution < -0.4 is 10.6 Å². The number of nitrogens with one attached hydrogen (secondary N) is 2. The number of amides is 2. The highest BCUT2D eigenvalue weighted by molar-refractivity contribution is 5.81. The Kier molecular flexibility index (Phi) is 4.81. The van der Waals surface area contributed by atoms with E-state index in [2.05, 4.69) is 10.6 Å². The molecule has 0 aliphatic heterocycles. The molecule has 0 bridgehead atoms. The van der Waals surface area contributed by atoms with Crippen LogP contribution in [0.25, 0.3) is 0 Å². The third kappa shape index (κ3) is 4.72. The van der Waals surface area contributed by atoms with Crippen molar-refractivity contribution in [2.24, 2.45) is 17.8 Å². The Morgan fingerprint density at radius 2 is 1.76 bits per heavy atom. The zero-order valence-corrected chi connectivity index (χ0v) is 12.9. The summed E-state index contributed by atoms with van der Waals surface area (Å²) in [7, 11) is 0. The molecular weight excluding hydrogens is 264 g/mol. The molecule has 118 valence electrons. The second-order valence-corrected chi connectivity index (χ2v) is 7.20. The van der Waals surface area contributed by atoms with Gasteiger partial charge in [0.15, 0.2) is 0 Å². The maximum atomic E-state index is 12.0. The van der Waals surface area contributed by atoms with Crippen LogP contribution in [-0.2, 0) is 9.59 Å². The predicted octanol–water partition coefficient (Wildman–Crippen LogP) is 2.38. The van der Waals surface area contributed by atoms with Crippen LogP contribution in [0.4, 0.5) is 0 Å². The summed E-state index contributed by atoms with van der Waals surface area (Å²) < 4.78 is 0. The molecule has 2 atom stereocenters. The fraction of sp³-hybridized carbons (Fsp3) is 0.882. The Morgan fingerprint density at radius 3 is 2.48 bits per heavy atom. The van der Waals surface area contributed by atoms with Gasteiger partial charge >= 0.3 is 0 Å². The first-order valence-corrected chi connectivity index (χ1v) is 8.79. The van der Waals surface area contributed by atoms with Crippen LogP contribution in [0.15, 0.2) is 0 Å². The van der Waals surface area contributed by atoms with Crippen LogP contribution >= 0.6 is 0 Å². The van der Waals surface area contributed by atoms with Gasteiger partial charge in [-0.3, -0.25) is 9.59 Å². The van der Waals surface area contributed by atoms with Gasteiger partial charge in [-0.25, -0.2) is 0 Å². The summed E-state index contributed by atoms with van der Waals surface area (Å²) >= 11 is 0. The summed E-state index contributed by atoms with van der Waals surface area (Å²) in [4.78, 5) is 23.4. The van der Waals surface area contributed by atoms with E-state index in [4.69, 9.17) is 0 Å². The largest absolute Gasteiger partial charge is 0.356 e. The highest BCUT2D eigenvalue weighted by Crippen LogP contribution is 2.43. The third-order valence-corrected chi connectivity index (χ3v) is 5.20. The number of rotatable bonds is 7. The smallest absolute Gasteiger partial charge is 0.223 e. The van der Waals surface area contributed by atoms with Crippen molar-refractivity contribution in [3.05, 3.63) is 0 Å². The maximum absolute atomic E-state index is 12.0. The standard InChI is InChI=1S/C17H28N2O2/c20-16(5-2-10-18-17(21)13-8-9-13)19-15-4-1-3-14(11-15)12-6-7-12/h12-15H,1-11H2,(H,18,21)(H,19,20)/t14-,15-/m0/s1. The lowest BCUT2D eigenvalue weighted by Gasteiger charge is -2.29. The van der Waals surface area contributed by atoms with Gasteiger partial charge < -0.3 is 10.6 Å². The molecule has 21 heavy (non-hydrogen) atoms. The Hall–Kier alpha value is -1.06. The lowest BCUT2D eigenvalue weighted by Crippen LogP contribution is -2.39. The van der Waals surface area contributed by atoms with Crippen LogP contribution in [0.3, 0.4) is 0 Å². The Balaban J connectivity index is 1.27. The van der Waals surface area contributed by atoms with Crippen LogP contribution in [0.2, 0.25) is 0 Å². The molecule has 3 saturated carbocycles. The summed E-state index contributed by atoms with van der Waals surface area (Å²) in [5.74, 6) is 2.43. The number of carbonyl (C=O) groups is 2. The van der Waals surface area contributed by atoms with Crippen molar-refractivity contribution in [1.82, 2.24) is 10.6 Å². The third-order valence-electron chi connectivity index (χ3n) is 5.20. The fourth-order valence-corrected chi connectivity index (χ4v) is 3.60. The van der Waals surface area contributed by atoms with E-state index in [0.717, 1.165) is 37.5 Å². The average Bonchev–Trinajstić information content (AvgIpc) is 3.36. The molecule has 0 spiro atoms. The maximum Gasteiger partial charge on any atom is 0.223 e. The summed E-state index contributed by atoms with van der Waals surface area (Å²) in [5, 5.41) is 6.12. The molecule has 3 fully saturated rings. The molecule has 0 saturated heterocycles. The van der Waals surface area contributed by atoms with Gasteiger partial charge in [0.05, 0.1) is 0 Å². The molecule has 2 N–H and O–H groups in total. The van der Waals surface area contributed by atoms with Crippen molar-refractivity contribution >= 4 is 11.8 Å². The minimum atomic E-state index is 0.164. The van der Waals surface area contributed by atoms with Gasteiger partial charge in [-0.1, -0.05) is 12.8 Å². The molecule has 4 nitrogen and oxygen atoms in total. The van der Waals surface area contributed by atoms with E-state index in [1.54, 1.807) is 0 Å². The van der Waals surface area contributed by atoms with Crippen molar-refractivity contribution < 1.29 is 9.59 Å². The highest BCUT2D eigenvalue weighted by Gasteiger charge is 2.35. The zero-order valence-electron chi connectivity index (χ0n) is 12.9. The topological polar surface area (TPSA) is 58.2 Å². The fourth-order valence-electron chi connectivity index (χ4n) is 3.60. The van der Waals surface area contributed by atoms with E-state index in [1.165, 1.54) is 32.1 Å². The molecule has 0 aromatic rings. The molecule has 3 aliphatic carbocycles. The molecule has 0 aromatic heterocycles. The second-order valence-electron chi connectivity index (χ2n) is 7.20. The van der Waals surface area contributed by atoms with Crippen molar-refractivity contribution in [2.45, 2.75) is 70.3 Å². The Labute approximate surface area is 127 Å². The number of hydrogen-bond acceptors (Lipinski definition) is 2. The first kappa shape index (κ1) is 14.9.